The van der Waals surface area contributed by atoms with Crippen LogP contribution in [0, 0.1) is 5.92 Å². The first-order valence-electron chi connectivity index (χ1n) is 5.44. The molecule has 15 heavy (non-hydrogen) atoms. The normalized spacial score (nSPS) is 10.7. The number of hydrogen-bond acceptors (Lipinski definition) is 3. The number of benzene rings is 1. The molecule has 3 heteroatoms. The quantitative estimate of drug-likeness (QED) is 0.745. The summed E-state index contributed by atoms with van der Waals surface area (Å²) in [5, 5.41) is 0. The lowest BCUT2D eigenvalue weighted by molar-refractivity contribution is 0.619. The highest BCUT2D eigenvalue weighted by Crippen LogP contribution is 2.23. The van der Waals surface area contributed by atoms with Crippen molar-refractivity contribution in [3.8, 4) is 0 Å². The van der Waals surface area contributed by atoms with Crippen LogP contribution in [-0.2, 0) is 0 Å². The van der Waals surface area contributed by atoms with Gasteiger partial charge in [-0.15, -0.1) is 0 Å². The highest BCUT2D eigenvalue weighted by atomic mass is 15.1. The van der Waals surface area contributed by atoms with Gasteiger partial charge in [0, 0.05) is 18.8 Å². The van der Waals surface area contributed by atoms with Crippen molar-refractivity contribution in [1.82, 2.24) is 0 Å². The van der Waals surface area contributed by atoms with Crippen molar-refractivity contribution in [1.29, 1.82) is 0 Å². The van der Waals surface area contributed by atoms with E-state index >= 15 is 0 Å². The smallest absolute Gasteiger partial charge is 0.0568 e. The Balaban J connectivity index is 2.87. The zero-order chi connectivity index (χ0) is 11.4. The summed E-state index contributed by atoms with van der Waals surface area (Å²) >= 11 is 0. The van der Waals surface area contributed by atoms with Gasteiger partial charge < -0.3 is 16.4 Å². The van der Waals surface area contributed by atoms with E-state index in [9.17, 15) is 0 Å². The van der Waals surface area contributed by atoms with Crippen LogP contribution in [0.1, 0.15) is 20.8 Å². The maximum atomic E-state index is 5.79. The molecular formula is C12H21N3. The predicted octanol–water partition coefficient (Wildman–Crippen LogP) is 2.33. The van der Waals surface area contributed by atoms with Gasteiger partial charge in [-0.1, -0.05) is 13.8 Å². The summed E-state index contributed by atoms with van der Waals surface area (Å²) in [7, 11) is 0. The summed E-state index contributed by atoms with van der Waals surface area (Å²) in [4.78, 5) is 2.31. The molecule has 0 heterocycles. The number of anilines is 3. The van der Waals surface area contributed by atoms with Crippen LogP contribution in [0.2, 0.25) is 0 Å². The molecule has 3 nitrogen and oxygen atoms in total. The third-order valence-electron chi connectivity index (χ3n) is 2.40. The Labute approximate surface area is 92.1 Å². The fraction of sp³-hybridized carbons (Fsp3) is 0.500. The molecule has 0 saturated heterocycles. The van der Waals surface area contributed by atoms with E-state index in [4.69, 9.17) is 11.5 Å². The molecule has 0 aromatic heterocycles. The Kier molecular flexibility index (Phi) is 3.83. The van der Waals surface area contributed by atoms with E-state index in [0.717, 1.165) is 18.8 Å². The van der Waals surface area contributed by atoms with Crippen LogP contribution >= 0.6 is 0 Å². The molecule has 0 amide bonds. The Hall–Kier alpha value is -1.38. The first-order valence-corrected chi connectivity index (χ1v) is 5.44. The number of nitrogens with two attached hydrogens (primary N) is 2. The first-order chi connectivity index (χ1) is 7.04. The van der Waals surface area contributed by atoms with Gasteiger partial charge in [0.2, 0.25) is 0 Å². The lowest BCUT2D eigenvalue weighted by Crippen LogP contribution is -2.27. The van der Waals surface area contributed by atoms with Gasteiger partial charge in [0.25, 0.3) is 0 Å². The molecule has 84 valence electrons. The number of hydrogen-bond donors (Lipinski definition) is 2. The van der Waals surface area contributed by atoms with E-state index < -0.39 is 0 Å². The standard InChI is InChI=1S/C12H21N3/c1-4-15(8-9(2)3)10-5-6-11(13)12(14)7-10/h5-7,9H,4,8,13-14H2,1-3H3. The molecule has 1 rings (SSSR count). The predicted molar refractivity (Wildman–Crippen MR) is 68.0 cm³/mol. The second-order valence-electron chi connectivity index (χ2n) is 4.25. The van der Waals surface area contributed by atoms with Gasteiger partial charge in [-0.3, -0.25) is 0 Å². The minimum absolute atomic E-state index is 0.642. The van der Waals surface area contributed by atoms with E-state index in [0.29, 0.717) is 17.3 Å². The van der Waals surface area contributed by atoms with Gasteiger partial charge in [0.1, 0.15) is 0 Å². The van der Waals surface area contributed by atoms with E-state index in [1.165, 1.54) is 0 Å². The lowest BCUT2D eigenvalue weighted by atomic mass is 10.1. The molecule has 0 saturated carbocycles. The minimum Gasteiger partial charge on any atom is -0.397 e. The van der Waals surface area contributed by atoms with Crippen molar-refractivity contribution < 1.29 is 0 Å². The van der Waals surface area contributed by atoms with Crippen molar-refractivity contribution in [2.75, 3.05) is 29.5 Å². The molecule has 0 aliphatic heterocycles. The van der Waals surface area contributed by atoms with E-state index in [2.05, 4.69) is 25.7 Å². The minimum atomic E-state index is 0.642. The van der Waals surface area contributed by atoms with Crippen LogP contribution in [-0.4, -0.2) is 13.1 Å². The molecular weight excluding hydrogens is 186 g/mol. The van der Waals surface area contributed by atoms with Gasteiger partial charge in [-0.2, -0.15) is 0 Å². The highest BCUT2D eigenvalue weighted by molar-refractivity contribution is 5.69. The molecule has 0 radical (unpaired) electrons. The SMILES string of the molecule is CCN(CC(C)C)c1ccc(N)c(N)c1. The van der Waals surface area contributed by atoms with Crippen molar-refractivity contribution in [2.45, 2.75) is 20.8 Å². The molecule has 1 aromatic rings. The summed E-state index contributed by atoms with van der Waals surface area (Å²) in [5.41, 5.74) is 13.9. The Morgan fingerprint density at radius 1 is 1.20 bits per heavy atom. The molecule has 0 unspecified atom stereocenters. The van der Waals surface area contributed by atoms with E-state index in [1.807, 2.05) is 18.2 Å². The van der Waals surface area contributed by atoms with Gasteiger partial charge >= 0.3 is 0 Å². The molecule has 0 bridgehead atoms. The van der Waals surface area contributed by atoms with Gasteiger partial charge in [0.05, 0.1) is 11.4 Å². The summed E-state index contributed by atoms with van der Waals surface area (Å²) in [6.45, 7) is 8.60. The molecule has 4 N–H and O–H groups in total. The molecule has 0 spiro atoms. The van der Waals surface area contributed by atoms with Crippen LogP contribution in [0.15, 0.2) is 18.2 Å². The summed E-state index contributed by atoms with van der Waals surface area (Å²) in [6, 6.07) is 5.84. The fourth-order valence-electron chi connectivity index (χ4n) is 1.62. The molecule has 0 aliphatic rings. The summed E-state index contributed by atoms with van der Waals surface area (Å²) < 4.78 is 0. The van der Waals surface area contributed by atoms with Gasteiger partial charge in [0.15, 0.2) is 0 Å². The van der Waals surface area contributed by atoms with E-state index in [1.54, 1.807) is 0 Å². The maximum absolute atomic E-state index is 5.79. The molecule has 0 fully saturated rings. The monoisotopic (exact) mass is 207 g/mol. The summed E-state index contributed by atoms with van der Waals surface area (Å²) in [5.74, 6) is 0.642. The third-order valence-corrected chi connectivity index (χ3v) is 2.40. The lowest BCUT2D eigenvalue weighted by Gasteiger charge is -2.25. The van der Waals surface area contributed by atoms with Crippen LogP contribution in [0.4, 0.5) is 17.1 Å². The second kappa shape index (κ2) is 4.91. The van der Waals surface area contributed by atoms with Crippen molar-refractivity contribution in [3.05, 3.63) is 18.2 Å². The Morgan fingerprint density at radius 3 is 2.33 bits per heavy atom. The average molecular weight is 207 g/mol. The number of rotatable bonds is 4. The van der Waals surface area contributed by atoms with Crippen molar-refractivity contribution >= 4 is 17.1 Å². The van der Waals surface area contributed by atoms with Crippen LogP contribution in [0.25, 0.3) is 0 Å². The van der Waals surface area contributed by atoms with Crippen molar-refractivity contribution in [2.24, 2.45) is 5.92 Å². The molecule has 1 aromatic carbocycles. The summed E-state index contributed by atoms with van der Waals surface area (Å²) in [6.07, 6.45) is 0. The third kappa shape index (κ3) is 3.05. The number of nitrogen functional groups attached to an aromatic ring is 2. The average Bonchev–Trinajstić information content (AvgIpc) is 2.18. The van der Waals surface area contributed by atoms with Gasteiger partial charge in [-0.05, 0) is 31.0 Å². The first kappa shape index (κ1) is 11.7. The Bertz CT molecular complexity index is 321. The molecule has 0 atom stereocenters. The van der Waals surface area contributed by atoms with Crippen LogP contribution < -0.4 is 16.4 Å². The molecule has 0 aliphatic carbocycles. The largest absolute Gasteiger partial charge is 0.397 e. The Morgan fingerprint density at radius 2 is 1.87 bits per heavy atom. The second-order valence-corrected chi connectivity index (χ2v) is 4.25. The zero-order valence-corrected chi connectivity index (χ0v) is 9.83. The van der Waals surface area contributed by atoms with Crippen LogP contribution in [0.5, 0.6) is 0 Å². The maximum Gasteiger partial charge on any atom is 0.0568 e. The van der Waals surface area contributed by atoms with Crippen molar-refractivity contribution in [3.63, 3.8) is 0 Å². The van der Waals surface area contributed by atoms with E-state index in [-0.39, 0.29) is 0 Å². The van der Waals surface area contributed by atoms with Crippen LogP contribution in [0.3, 0.4) is 0 Å². The highest BCUT2D eigenvalue weighted by Gasteiger charge is 2.07. The van der Waals surface area contributed by atoms with Gasteiger partial charge in [-0.25, -0.2) is 0 Å². The zero-order valence-electron chi connectivity index (χ0n) is 9.83. The number of nitrogens with zero attached hydrogens (tertiary/aromatic N) is 1. The fourth-order valence-corrected chi connectivity index (χ4v) is 1.62. The topological polar surface area (TPSA) is 55.3 Å².